The molecule has 0 fully saturated rings. The fraction of sp³-hybridized carbons (Fsp3) is 0.462. The first-order valence-electron chi connectivity index (χ1n) is 6.08. The zero-order valence-electron chi connectivity index (χ0n) is 11.0. The van der Waals surface area contributed by atoms with Gasteiger partial charge in [0, 0.05) is 17.6 Å². The van der Waals surface area contributed by atoms with Gasteiger partial charge in [0.05, 0.1) is 5.75 Å². The molecule has 0 aliphatic carbocycles. The molecule has 1 amide bonds. The fourth-order valence-electron chi connectivity index (χ4n) is 1.32. The van der Waals surface area contributed by atoms with Crippen LogP contribution in [-0.2, 0) is 4.79 Å². The summed E-state index contributed by atoms with van der Waals surface area (Å²) in [6, 6.07) is 3.16. The summed E-state index contributed by atoms with van der Waals surface area (Å²) >= 11 is 1.30. The van der Waals surface area contributed by atoms with E-state index in [1.807, 2.05) is 0 Å². The maximum Gasteiger partial charge on any atom is 0.354 e. The SMILES string of the molecule is CC(C)CCNC(=O)CSc1ccnc(C(=O)O)c1. The smallest absolute Gasteiger partial charge is 0.354 e. The second-order valence-corrected chi connectivity index (χ2v) is 5.55. The Kier molecular flexibility index (Phi) is 6.35. The standard InChI is InChI=1S/C13H18N2O3S/c1-9(2)3-5-15-12(16)8-19-10-4-6-14-11(7-10)13(17)18/h4,6-7,9H,3,5,8H2,1-2H3,(H,15,16)(H,17,18). The van der Waals surface area contributed by atoms with E-state index in [2.05, 4.69) is 24.1 Å². The maximum absolute atomic E-state index is 11.6. The third-order valence-corrected chi connectivity index (χ3v) is 3.36. The van der Waals surface area contributed by atoms with Gasteiger partial charge in [-0.25, -0.2) is 9.78 Å². The molecular formula is C13H18N2O3S. The van der Waals surface area contributed by atoms with Gasteiger partial charge in [0.1, 0.15) is 5.69 Å². The number of nitrogens with zero attached hydrogens (tertiary/aromatic N) is 1. The van der Waals surface area contributed by atoms with Crippen LogP contribution in [-0.4, -0.2) is 34.3 Å². The van der Waals surface area contributed by atoms with E-state index >= 15 is 0 Å². The first-order chi connectivity index (χ1) is 8.99. The Morgan fingerprint density at radius 3 is 2.84 bits per heavy atom. The lowest BCUT2D eigenvalue weighted by atomic mass is 10.1. The molecule has 0 unspecified atom stereocenters. The van der Waals surface area contributed by atoms with Gasteiger partial charge in [0.15, 0.2) is 0 Å². The van der Waals surface area contributed by atoms with Crippen molar-refractivity contribution in [1.29, 1.82) is 0 Å². The van der Waals surface area contributed by atoms with E-state index < -0.39 is 5.97 Å². The number of carboxylic acid groups (broad SMARTS) is 1. The number of carbonyl (C=O) groups is 2. The number of hydrogen-bond acceptors (Lipinski definition) is 4. The van der Waals surface area contributed by atoms with Gasteiger partial charge in [-0.15, -0.1) is 11.8 Å². The number of aromatic nitrogens is 1. The van der Waals surface area contributed by atoms with Crippen molar-refractivity contribution < 1.29 is 14.7 Å². The Balaban J connectivity index is 2.37. The van der Waals surface area contributed by atoms with Crippen molar-refractivity contribution in [1.82, 2.24) is 10.3 Å². The van der Waals surface area contributed by atoms with Crippen LogP contribution in [0.1, 0.15) is 30.8 Å². The van der Waals surface area contributed by atoms with Gasteiger partial charge in [-0.2, -0.15) is 0 Å². The summed E-state index contributed by atoms with van der Waals surface area (Å²) < 4.78 is 0. The van der Waals surface area contributed by atoms with Crippen LogP contribution in [0.15, 0.2) is 23.2 Å². The molecule has 1 aromatic heterocycles. The number of pyridine rings is 1. The summed E-state index contributed by atoms with van der Waals surface area (Å²) in [4.78, 5) is 26.7. The van der Waals surface area contributed by atoms with Crippen molar-refractivity contribution >= 4 is 23.6 Å². The van der Waals surface area contributed by atoms with Crippen LogP contribution in [0, 0.1) is 5.92 Å². The van der Waals surface area contributed by atoms with E-state index in [0.717, 1.165) is 11.3 Å². The van der Waals surface area contributed by atoms with Crippen molar-refractivity contribution in [2.24, 2.45) is 5.92 Å². The predicted octanol–water partition coefficient (Wildman–Crippen LogP) is 2.03. The minimum absolute atomic E-state index is 0.00906. The molecule has 5 nitrogen and oxygen atoms in total. The third kappa shape index (κ3) is 6.24. The first kappa shape index (κ1) is 15.5. The Hall–Kier alpha value is -1.56. The number of hydrogen-bond donors (Lipinski definition) is 2. The Bertz CT molecular complexity index is 449. The van der Waals surface area contributed by atoms with Crippen LogP contribution in [0.25, 0.3) is 0 Å². The average Bonchev–Trinajstić information content (AvgIpc) is 2.36. The van der Waals surface area contributed by atoms with Gasteiger partial charge in [-0.3, -0.25) is 4.79 Å². The highest BCUT2D eigenvalue weighted by atomic mass is 32.2. The van der Waals surface area contributed by atoms with Gasteiger partial charge < -0.3 is 10.4 Å². The van der Waals surface area contributed by atoms with Crippen molar-refractivity contribution in [3.63, 3.8) is 0 Å². The van der Waals surface area contributed by atoms with Crippen molar-refractivity contribution in [3.8, 4) is 0 Å². The van der Waals surface area contributed by atoms with E-state index in [1.54, 1.807) is 6.07 Å². The van der Waals surface area contributed by atoms with Gasteiger partial charge >= 0.3 is 5.97 Å². The number of thioether (sulfide) groups is 1. The van der Waals surface area contributed by atoms with Crippen LogP contribution < -0.4 is 5.32 Å². The summed E-state index contributed by atoms with van der Waals surface area (Å²) in [6.45, 7) is 4.88. The zero-order valence-corrected chi connectivity index (χ0v) is 11.9. The minimum Gasteiger partial charge on any atom is -0.477 e. The minimum atomic E-state index is -1.07. The van der Waals surface area contributed by atoms with Crippen LogP contribution in [0.2, 0.25) is 0 Å². The first-order valence-corrected chi connectivity index (χ1v) is 7.06. The lowest BCUT2D eigenvalue weighted by Crippen LogP contribution is -2.26. The van der Waals surface area contributed by atoms with E-state index in [0.29, 0.717) is 12.5 Å². The molecule has 0 saturated carbocycles. The zero-order chi connectivity index (χ0) is 14.3. The molecule has 104 valence electrons. The highest BCUT2D eigenvalue weighted by molar-refractivity contribution is 8.00. The highest BCUT2D eigenvalue weighted by Crippen LogP contribution is 2.17. The van der Waals surface area contributed by atoms with Crippen LogP contribution in [0.3, 0.4) is 0 Å². The van der Waals surface area contributed by atoms with Gasteiger partial charge in [0.2, 0.25) is 5.91 Å². The lowest BCUT2D eigenvalue weighted by molar-refractivity contribution is -0.118. The summed E-state index contributed by atoms with van der Waals surface area (Å²) in [5.41, 5.74) is -0.00906. The third-order valence-electron chi connectivity index (χ3n) is 2.36. The number of rotatable bonds is 7. The van der Waals surface area contributed by atoms with Crippen LogP contribution in [0.4, 0.5) is 0 Å². The van der Waals surface area contributed by atoms with Crippen LogP contribution in [0.5, 0.6) is 0 Å². The molecule has 19 heavy (non-hydrogen) atoms. The average molecular weight is 282 g/mol. The monoisotopic (exact) mass is 282 g/mol. The summed E-state index contributed by atoms with van der Waals surface area (Å²) in [6.07, 6.45) is 2.39. The van der Waals surface area contributed by atoms with Crippen molar-refractivity contribution in [2.45, 2.75) is 25.2 Å². The van der Waals surface area contributed by atoms with E-state index in [-0.39, 0.29) is 17.4 Å². The predicted molar refractivity (Wildman–Crippen MR) is 74.4 cm³/mol. The number of amides is 1. The molecule has 0 spiro atoms. The normalized spacial score (nSPS) is 10.5. The molecule has 0 aromatic carbocycles. The molecule has 0 radical (unpaired) electrons. The van der Waals surface area contributed by atoms with Gasteiger partial charge in [-0.05, 0) is 24.5 Å². The quantitative estimate of drug-likeness (QED) is 0.748. The molecule has 6 heteroatoms. The summed E-state index contributed by atoms with van der Waals surface area (Å²) in [7, 11) is 0. The Labute approximate surface area is 116 Å². The molecule has 1 heterocycles. The number of carbonyl (C=O) groups excluding carboxylic acids is 1. The Morgan fingerprint density at radius 1 is 1.47 bits per heavy atom. The Morgan fingerprint density at radius 2 is 2.21 bits per heavy atom. The summed E-state index contributed by atoms with van der Waals surface area (Å²) in [5.74, 6) is -0.268. The van der Waals surface area contributed by atoms with Gasteiger partial charge in [-0.1, -0.05) is 13.8 Å². The second kappa shape index (κ2) is 7.78. The molecule has 1 aromatic rings. The fourth-order valence-corrected chi connectivity index (χ4v) is 2.07. The molecule has 0 aliphatic heterocycles. The lowest BCUT2D eigenvalue weighted by Gasteiger charge is -2.07. The number of aromatic carboxylic acids is 1. The van der Waals surface area contributed by atoms with E-state index in [9.17, 15) is 9.59 Å². The molecule has 2 N–H and O–H groups in total. The second-order valence-electron chi connectivity index (χ2n) is 4.50. The van der Waals surface area contributed by atoms with E-state index in [1.165, 1.54) is 24.0 Å². The van der Waals surface area contributed by atoms with Gasteiger partial charge in [0.25, 0.3) is 0 Å². The van der Waals surface area contributed by atoms with E-state index in [4.69, 9.17) is 5.11 Å². The molecule has 0 saturated heterocycles. The molecule has 0 aliphatic rings. The molecule has 0 bridgehead atoms. The maximum atomic E-state index is 11.6. The topological polar surface area (TPSA) is 79.3 Å². The van der Waals surface area contributed by atoms with Crippen molar-refractivity contribution in [3.05, 3.63) is 24.0 Å². The molecule has 0 atom stereocenters. The largest absolute Gasteiger partial charge is 0.477 e. The molecular weight excluding hydrogens is 264 g/mol. The number of carboxylic acids is 1. The van der Waals surface area contributed by atoms with Crippen molar-refractivity contribution in [2.75, 3.05) is 12.3 Å². The highest BCUT2D eigenvalue weighted by Gasteiger charge is 2.07. The number of nitrogens with one attached hydrogen (secondary N) is 1. The molecule has 1 rings (SSSR count). The summed E-state index contributed by atoms with van der Waals surface area (Å²) in [5, 5.41) is 11.6. The van der Waals surface area contributed by atoms with Crippen LogP contribution >= 0.6 is 11.8 Å².